The molecule has 3 atom stereocenters. The molecule has 2 fully saturated rings. The maximum atomic E-state index is 12.4. The van der Waals surface area contributed by atoms with Gasteiger partial charge in [0.2, 0.25) is 5.91 Å². The zero-order valence-electron chi connectivity index (χ0n) is 14.8. The highest BCUT2D eigenvalue weighted by molar-refractivity contribution is 5.78. The first-order valence-corrected chi connectivity index (χ1v) is 9.10. The van der Waals surface area contributed by atoms with Gasteiger partial charge >= 0.3 is 0 Å². The van der Waals surface area contributed by atoms with Crippen molar-refractivity contribution < 1.29 is 19.4 Å². The monoisotopic (exact) mass is 348 g/mol. The van der Waals surface area contributed by atoms with Crippen LogP contribution in [0, 0.1) is 0 Å². The summed E-state index contributed by atoms with van der Waals surface area (Å²) in [7, 11) is 1.91. The van der Waals surface area contributed by atoms with Crippen LogP contribution in [0.5, 0.6) is 5.75 Å². The highest BCUT2D eigenvalue weighted by Crippen LogP contribution is 2.27. The molecule has 0 aromatic heterocycles. The van der Waals surface area contributed by atoms with E-state index >= 15 is 0 Å². The Morgan fingerprint density at radius 3 is 2.72 bits per heavy atom. The second-order valence-electron chi connectivity index (χ2n) is 6.87. The number of hydrogen-bond acceptors (Lipinski definition) is 5. The molecular formula is C19H28N2O4. The lowest BCUT2D eigenvalue weighted by molar-refractivity contribution is -0.138. The Balaban J connectivity index is 1.56. The van der Waals surface area contributed by atoms with Crippen LogP contribution in [0.2, 0.25) is 0 Å². The number of morpholine rings is 1. The number of carbonyl (C=O) groups is 1. The van der Waals surface area contributed by atoms with Crippen LogP contribution in [0.3, 0.4) is 0 Å². The molecule has 1 N–H and O–H groups in total. The molecule has 25 heavy (non-hydrogen) atoms. The summed E-state index contributed by atoms with van der Waals surface area (Å²) >= 11 is 0. The number of nitrogens with zero attached hydrogens (tertiary/aromatic N) is 2. The van der Waals surface area contributed by atoms with Crippen molar-refractivity contribution in [3.63, 3.8) is 0 Å². The predicted molar refractivity (Wildman–Crippen MR) is 94.5 cm³/mol. The van der Waals surface area contributed by atoms with E-state index in [1.54, 1.807) is 0 Å². The van der Waals surface area contributed by atoms with Crippen LogP contribution in [0.1, 0.15) is 19.3 Å². The van der Waals surface area contributed by atoms with Crippen LogP contribution in [0.4, 0.5) is 0 Å². The van der Waals surface area contributed by atoms with Crippen molar-refractivity contribution in [1.29, 1.82) is 0 Å². The summed E-state index contributed by atoms with van der Waals surface area (Å²) in [5, 5.41) is 10.8. The van der Waals surface area contributed by atoms with Gasteiger partial charge in [0.1, 0.15) is 18.0 Å². The summed E-state index contributed by atoms with van der Waals surface area (Å²) in [5.41, 5.74) is 0. The van der Waals surface area contributed by atoms with Gasteiger partial charge in [-0.3, -0.25) is 9.69 Å². The summed E-state index contributed by atoms with van der Waals surface area (Å²) in [4.78, 5) is 16.3. The molecule has 1 aromatic carbocycles. The average molecular weight is 348 g/mol. The van der Waals surface area contributed by atoms with Gasteiger partial charge in [0, 0.05) is 19.1 Å². The van der Waals surface area contributed by atoms with Crippen molar-refractivity contribution in [1.82, 2.24) is 9.80 Å². The number of aliphatic hydroxyl groups is 1. The van der Waals surface area contributed by atoms with Crippen molar-refractivity contribution >= 4 is 5.91 Å². The van der Waals surface area contributed by atoms with Gasteiger partial charge in [0.25, 0.3) is 0 Å². The lowest BCUT2D eigenvalue weighted by atomic mass is 9.89. The standard InChI is InChI=1S/C19H28N2O4/c1-20(14-18(22)21-10-12-24-13-11-21)16-8-5-9-17(19(16)23)25-15-6-3-2-4-7-15/h2-4,6-7,16-17,19,23H,5,8-14H2,1H3/t16-,17+,19+/m1/s1. The Morgan fingerprint density at radius 1 is 1.28 bits per heavy atom. The third-order valence-corrected chi connectivity index (χ3v) is 5.11. The molecule has 0 unspecified atom stereocenters. The number of para-hydroxylation sites is 1. The van der Waals surface area contributed by atoms with Gasteiger partial charge in [0.05, 0.1) is 19.8 Å². The minimum absolute atomic E-state index is 0.0625. The third kappa shape index (κ3) is 4.71. The maximum absolute atomic E-state index is 12.4. The van der Waals surface area contributed by atoms with E-state index in [2.05, 4.69) is 0 Å². The van der Waals surface area contributed by atoms with Gasteiger partial charge in [-0.25, -0.2) is 0 Å². The second kappa shape index (κ2) is 8.65. The van der Waals surface area contributed by atoms with Crippen LogP contribution in [0.25, 0.3) is 0 Å². The van der Waals surface area contributed by atoms with Gasteiger partial charge in [0.15, 0.2) is 0 Å². The largest absolute Gasteiger partial charge is 0.488 e. The molecule has 1 aliphatic carbocycles. The van der Waals surface area contributed by atoms with E-state index < -0.39 is 6.10 Å². The molecule has 138 valence electrons. The molecule has 0 bridgehead atoms. The highest BCUT2D eigenvalue weighted by atomic mass is 16.5. The minimum atomic E-state index is -0.601. The number of rotatable bonds is 5. The van der Waals surface area contributed by atoms with Crippen molar-refractivity contribution in [2.75, 3.05) is 39.9 Å². The molecule has 1 saturated carbocycles. The first-order valence-electron chi connectivity index (χ1n) is 9.10. The zero-order valence-corrected chi connectivity index (χ0v) is 14.8. The molecule has 1 saturated heterocycles. The number of hydrogen-bond donors (Lipinski definition) is 1. The summed E-state index contributed by atoms with van der Waals surface area (Å²) in [6.07, 6.45) is 1.86. The molecule has 1 aromatic rings. The van der Waals surface area contributed by atoms with E-state index in [0.29, 0.717) is 32.8 Å². The number of benzene rings is 1. The molecule has 1 heterocycles. The zero-order chi connectivity index (χ0) is 17.6. The number of amides is 1. The fourth-order valence-electron chi connectivity index (χ4n) is 3.64. The summed E-state index contributed by atoms with van der Waals surface area (Å²) < 4.78 is 11.3. The minimum Gasteiger partial charge on any atom is -0.488 e. The number of aliphatic hydroxyl groups excluding tert-OH is 1. The smallest absolute Gasteiger partial charge is 0.236 e. The fourth-order valence-corrected chi connectivity index (χ4v) is 3.64. The first kappa shape index (κ1) is 18.2. The van der Waals surface area contributed by atoms with E-state index in [1.807, 2.05) is 47.2 Å². The summed E-state index contributed by atoms with van der Waals surface area (Å²) in [5.74, 6) is 0.878. The number of likely N-dealkylation sites (N-methyl/N-ethyl adjacent to an activating group) is 1. The van der Waals surface area contributed by atoms with Crippen molar-refractivity contribution in [2.24, 2.45) is 0 Å². The lowest BCUT2D eigenvalue weighted by Gasteiger charge is -2.40. The Bertz CT molecular complexity index is 548. The van der Waals surface area contributed by atoms with Crippen molar-refractivity contribution in [3.05, 3.63) is 30.3 Å². The molecule has 2 aliphatic rings. The molecule has 0 spiro atoms. The fraction of sp³-hybridized carbons (Fsp3) is 0.632. The quantitative estimate of drug-likeness (QED) is 0.865. The van der Waals surface area contributed by atoms with E-state index in [9.17, 15) is 9.90 Å². The first-order chi connectivity index (χ1) is 12.1. The lowest BCUT2D eigenvalue weighted by Crippen LogP contribution is -2.54. The maximum Gasteiger partial charge on any atom is 0.236 e. The summed E-state index contributed by atoms with van der Waals surface area (Å²) in [6.45, 7) is 2.84. The van der Waals surface area contributed by atoms with E-state index in [0.717, 1.165) is 25.0 Å². The molecule has 0 radical (unpaired) electrons. The predicted octanol–water partition coefficient (Wildman–Crippen LogP) is 1.14. The van der Waals surface area contributed by atoms with E-state index in [1.165, 1.54) is 0 Å². The van der Waals surface area contributed by atoms with Gasteiger partial charge in [-0.2, -0.15) is 0 Å². The molecule has 1 aliphatic heterocycles. The second-order valence-corrected chi connectivity index (χ2v) is 6.87. The molecule has 1 amide bonds. The SMILES string of the molecule is CN(CC(=O)N1CCOCC1)[C@@H]1CCC[C@H](Oc2ccccc2)[C@H]1O. The Kier molecular flexibility index (Phi) is 6.29. The van der Waals surface area contributed by atoms with Gasteiger partial charge < -0.3 is 19.5 Å². The van der Waals surface area contributed by atoms with Crippen LogP contribution < -0.4 is 4.74 Å². The molecular weight excluding hydrogens is 320 g/mol. The van der Waals surface area contributed by atoms with Gasteiger partial charge in [-0.1, -0.05) is 18.2 Å². The molecule has 3 rings (SSSR count). The van der Waals surface area contributed by atoms with Crippen LogP contribution in [0.15, 0.2) is 30.3 Å². The number of ether oxygens (including phenoxy) is 2. The highest BCUT2D eigenvalue weighted by Gasteiger charge is 2.36. The van der Waals surface area contributed by atoms with Gasteiger partial charge in [-0.05, 0) is 38.4 Å². The molecule has 6 nitrogen and oxygen atoms in total. The van der Waals surface area contributed by atoms with E-state index in [-0.39, 0.29) is 18.1 Å². The van der Waals surface area contributed by atoms with Crippen molar-refractivity contribution in [3.8, 4) is 5.75 Å². The normalized spacial score (nSPS) is 27.3. The van der Waals surface area contributed by atoms with Crippen molar-refractivity contribution in [2.45, 2.75) is 37.5 Å². The Morgan fingerprint density at radius 2 is 2.00 bits per heavy atom. The third-order valence-electron chi connectivity index (χ3n) is 5.11. The van der Waals surface area contributed by atoms with E-state index in [4.69, 9.17) is 9.47 Å². The van der Waals surface area contributed by atoms with Crippen LogP contribution >= 0.6 is 0 Å². The van der Waals surface area contributed by atoms with Crippen LogP contribution in [-0.2, 0) is 9.53 Å². The average Bonchev–Trinajstić information content (AvgIpc) is 2.65. The van der Waals surface area contributed by atoms with Gasteiger partial charge in [-0.15, -0.1) is 0 Å². The molecule has 6 heteroatoms. The topological polar surface area (TPSA) is 62.2 Å². The van der Waals surface area contributed by atoms with Crippen LogP contribution in [-0.4, -0.2) is 79.0 Å². The number of carbonyl (C=O) groups excluding carboxylic acids is 1. The Labute approximate surface area is 149 Å². The Hall–Kier alpha value is -1.63. The summed E-state index contributed by atoms with van der Waals surface area (Å²) in [6, 6.07) is 9.54.